The summed E-state index contributed by atoms with van der Waals surface area (Å²) in [5.41, 5.74) is 8.09. The monoisotopic (exact) mass is 260 g/mol. The molecule has 1 amide bonds. The molecule has 6 heteroatoms. The number of rotatable bonds is 2. The number of hydrogen-bond donors (Lipinski definition) is 3. The standard InChI is InChI=1S/C13H16N4O2/c1-7-11(8(2)17(3)16-7)15-13(19)9-5-4-6-10(14)12(9)18/h4-6,18H,14H2,1-3H3,(H,15,19). The number of benzene rings is 1. The molecule has 2 aromatic rings. The van der Waals surface area contributed by atoms with Crippen LogP contribution in [0.1, 0.15) is 21.7 Å². The van der Waals surface area contributed by atoms with Gasteiger partial charge in [-0.05, 0) is 26.0 Å². The van der Waals surface area contributed by atoms with Crippen molar-refractivity contribution in [2.75, 3.05) is 11.1 Å². The number of phenols is 1. The smallest absolute Gasteiger partial charge is 0.259 e. The fraction of sp³-hybridized carbons (Fsp3) is 0.231. The van der Waals surface area contributed by atoms with Crippen molar-refractivity contribution in [2.45, 2.75) is 13.8 Å². The van der Waals surface area contributed by atoms with Crippen LogP contribution in [-0.2, 0) is 7.05 Å². The summed E-state index contributed by atoms with van der Waals surface area (Å²) in [6.07, 6.45) is 0. The van der Waals surface area contributed by atoms with Crippen LogP contribution >= 0.6 is 0 Å². The van der Waals surface area contributed by atoms with Gasteiger partial charge in [-0.3, -0.25) is 9.48 Å². The van der Waals surface area contributed by atoms with E-state index in [2.05, 4.69) is 10.4 Å². The van der Waals surface area contributed by atoms with Crippen molar-refractivity contribution < 1.29 is 9.90 Å². The molecule has 1 aromatic carbocycles. The number of hydrogen-bond acceptors (Lipinski definition) is 4. The summed E-state index contributed by atoms with van der Waals surface area (Å²) in [6, 6.07) is 4.67. The molecule has 0 radical (unpaired) electrons. The maximum atomic E-state index is 12.1. The number of aromatic nitrogens is 2. The number of anilines is 2. The van der Waals surface area contributed by atoms with Crippen LogP contribution in [0.15, 0.2) is 18.2 Å². The highest BCUT2D eigenvalue weighted by Gasteiger charge is 2.17. The molecule has 0 unspecified atom stereocenters. The van der Waals surface area contributed by atoms with E-state index in [4.69, 9.17) is 5.73 Å². The van der Waals surface area contributed by atoms with E-state index in [1.165, 1.54) is 12.1 Å². The summed E-state index contributed by atoms with van der Waals surface area (Å²) in [5.74, 6) is -0.622. The van der Waals surface area contributed by atoms with E-state index < -0.39 is 5.91 Å². The summed E-state index contributed by atoms with van der Waals surface area (Å²) >= 11 is 0. The number of nitrogen functional groups attached to an aromatic ring is 1. The van der Waals surface area contributed by atoms with E-state index in [0.717, 1.165) is 11.4 Å². The first-order valence-electron chi connectivity index (χ1n) is 5.80. The molecule has 0 spiro atoms. The Labute approximate surface area is 110 Å². The van der Waals surface area contributed by atoms with Gasteiger partial charge < -0.3 is 16.2 Å². The van der Waals surface area contributed by atoms with Gasteiger partial charge in [-0.25, -0.2) is 0 Å². The molecular weight excluding hydrogens is 244 g/mol. The number of amides is 1. The van der Waals surface area contributed by atoms with E-state index in [1.807, 2.05) is 13.8 Å². The van der Waals surface area contributed by atoms with Gasteiger partial charge in [0.15, 0.2) is 5.75 Å². The van der Waals surface area contributed by atoms with Gasteiger partial charge in [0.05, 0.1) is 28.3 Å². The number of phenolic OH excluding ortho intramolecular Hbond substituents is 1. The van der Waals surface area contributed by atoms with Gasteiger partial charge in [0, 0.05) is 7.05 Å². The summed E-state index contributed by atoms with van der Waals surface area (Å²) < 4.78 is 1.68. The molecule has 19 heavy (non-hydrogen) atoms. The minimum absolute atomic E-state index is 0.141. The van der Waals surface area contributed by atoms with Gasteiger partial charge in [0.1, 0.15) is 0 Å². The lowest BCUT2D eigenvalue weighted by Gasteiger charge is -2.08. The van der Waals surface area contributed by atoms with Crippen molar-refractivity contribution in [3.63, 3.8) is 0 Å². The number of nitrogens with one attached hydrogen (secondary N) is 1. The summed E-state index contributed by atoms with van der Waals surface area (Å²) in [5, 5.41) is 16.7. The van der Waals surface area contributed by atoms with Gasteiger partial charge in [-0.2, -0.15) is 5.10 Å². The van der Waals surface area contributed by atoms with E-state index >= 15 is 0 Å². The second-order valence-electron chi connectivity index (χ2n) is 4.37. The molecule has 0 aliphatic heterocycles. The second-order valence-corrected chi connectivity index (χ2v) is 4.37. The highest BCUT2D eigenvalue weighted by Crippen LogP contribution is 2.26. The van der Waals surface area contributed by atoms with Gasteiger partial charge >= 0.3 is 0 Å². The SMILES string of the molecule is Cc1nn(C)c(C)c1NC(=O)c1cccc(N)c1O. The molecule has 0 fully saturated rings. The zero-order chi connectivity index (χ0) is 14.2. The van der Waals surface area contributed by atoms with Crippen LogP contribution in [0.2, 0.25) is 0 Å². The van der Waals surface area contributed by atoms with Crippen LogP contribution in [0.4, 0.5) is 11.4 Å². The average molecular weight is 260 g/mol. The highest BCUT2D eigenvalue weighted by molar-refractivity contribution is 6.07. The Morgan fingerprint density at radius 2 is 2.11 bits per heavy atom. The summed E-state index contributed by atoms with van der Waals surface area (Å²) in [7, 11) is 1.80. The normalized spacial score (nSPS) is 10.5. The van der Waals surface area contributed by atoms with Crippen LogP contribution in [0.3, 0.4) is 0 Å². The molecule has 0 atom stereocenters. The molecule has 4 N–H and O–H groups in total. The molecular formula is C13H16N4O2. The zero-order valence-electron chi connectivity index (χ0n) is 11.1. The maximum absolute atomic E-state index is 12.1. The Balaban J connectivity index is 2.34. The van der Waals surface area contributed by atoms with Gasteiger partial charge in [0.2, 0.25) is 0 Å². The number of carbonyl (C=O) groups is 1. The maximum Gasteiger partial charge on any atom is 0.259 e. The van der Waals surface area contributed by atoms with Crippen LogP contribution < -0.4 is 11.1 Å². The average Bonchev–Trinajstić information content (AvgIpc) is 2.59. The number of aryl methyl sites for hydroxylation is 2. The Morgan fingerprint density at radius 1 is 1.42 bits per heavy atom. The van der Waals surface area contributed by atoms with Crippen LogP contribution in [0, 0.1) is 13.8 Å². The summed E-state index contributed by atoms with van der Waals surface area (Å²) in [6.45, 7) is 3.66. The highest BCUT2D eigenvalue weighted by atomic mass is 16.3. The Hall–Kier alpha value is -2.50. The van der Waals surface area contributed by atoms with Crippen LogP contribution in [-0.4, -0.2) is 20.8 Å². The molecule has 6 nitrogen and oxygen atoms in total. The van der Waals surface area contributed by atoms with Crippen molar-refractivity contribution >= 4 is 17.3 Å². The largest absolute Gasteiger partial charge is 0.505 e. The number of nitrogens with two attached hydrogens (primary N) is 1. The first-order chi connectivity index (χ1) is 8.91. The predicted octanol–water partition coefficient (Wildman–Crippen LogP) is 1.58. The van der Waals surface area contributed by atoms with Crippen molar-refractivity contribution in [3.05, 3.63) is 35.2 Å². The number of nitrogens with zero attached hydrogens (tertiary/aromatic N) is 2. The molecule has 0 bridgehead atoms. The molecule has 1 heterocycles. The van der Waals surface area contributed by atoms with Crippen molar-refractivity contribution in [3.8, 4) is 5.75 Å². The predicted molar refractivity (Wildman–Crippen MR) is 73.2 cm³/mol. The summed E-state index contributed by atoms with van der Waals surface area (Å²) in [4.78, 5) is 12.1. The number of para-hydroxylation sites is 1. The first-order valence-corrected chi connectivity index (χ1v) is 5.80. The Bertz CT molecular complexity index is 646. The lowest BCUT2D eigenvalue weighted by atomic mass is 10.1. The van der Waals surface area contributed by atoms with Gasteiger partial charge in [0.25, 0.3) is 5.91 Å². The van der Waals surface area contributed by atoms with Crippen LogP contribution in [0.25, 0.3) is 0 Å². The molecule has 0 aliphatic carbocycles. The molecule has 2 rings (SSSR count). The fourth-order valence-electron chi connectivity index (χ4n) is 1.88. The van der Waals surface area contributed by atoms with Crippen LogP contribution in [0.5, 0.6) is 5.75 Å². The zero-order valence-corrected chi connectivity index (χ0v) is 11.1. The lowest BCUT2D eigenvalue weighted by Crippen LogP contribution is -2.13. The van der Waals surface area contributed by atoms with Crippen molar-refractivity contribution in [2.24, 2.45) is 7.05 Å². The minimum atomic E-state index is -0.413. The Kier molecular flexibility index (Phi) is 3.16. The van der Waals surface area contributed by atoms with Gasteiger partial charge in [-0.1, -0.05) is 6.07 Å². The molecule has 100 valence electrons. The van der Waals surface area contributed by atoms with Crippen molar-refractivity contribution in [1.29, 1.82) is 0 Å². The third-order valence-corrected chi connectivity index (χ3v) is 3.06. The van der Waals surface area contributed by atoms with E-state index in [-0.39, 0.29) is 17.0 Å². The third kappa shape index (κ3) is 2.24. The van der Waals surface area contributed by atoms with Gasteiger partial charge in [-0.15, -0.1) is 0 Å². The second kappa shape index (κ2) is 4.64. The quantitative estimate of drug-likeness (QED) is 0.564. The molecule has 0 saturated carbocycles. The topological polar surface area (TPSA) is 93.2 Å². The molecule has 1 aromatic heterocycles. The minimum Gasteiger partial charge on any atom is -0.505 e. The first kappa shape index (κ1) is 12.9. The van der Waals surface area contributed by atoms with E-state index in [0.29, 0.717) is 5.69 Å². The van der Waals surface area contributed by atoms with E-state index in [9.17, 15) is 9.90 Å². The number of carbonyl (C=O) groups excluding carboxylic acids is 1. The molecule has 0 aliphatic rings. The Morgan fingerprint density at radius 3 is 2.68 bits per heavy atom. The molecule has 0 saturated heterocycles. The lowest BCUT2D eigenvalue weighted by molar-refractivity contribution is 0.102. The van der Waals surface area contributed by atoms with Crippen molar-refractivity contribution in [1.82, 2.24) is 9.78 Å². The fourth-order valence-corrected chi connectivity index (χ4v) is 1.88. The van der Waals surface area contributed by atoms with E-state index in [1.54, 1.807) is 17.8 Å². The number of aromatic hydroxyl groups is 1. The third-order valence-electron chi connectivity index (χ3n) is 3.06.